The Morgan fingerprint density at radius 1 is 0.299 bits per heavy atom. The normalized spacial score (nSPS) is 12.9. The van der Waals surface area contributed by atoms with E-state index >= 15 is 0 Å². The Hall–Kier alpha value is -8.72. The van der Waals surface area contributed by atoms with Crippen LogP contribution < -0.4 is 0 Å². The Kier molecular flexibility index (Phi) is 8.23. The van der Waals surface area contributed by atoms with Crippen LogP contribution in [0.15, 0.2) is 255 Å². The van der Waals surface area contributed by atoms with Crippen LogP contribution in [0, 0.1) is 0 Å². The monoisotopic (exact) mass is 850 g/mol. The highest BCUT2D eigenvalue weighted by atomic mass is 15.0. The van der Waals surface area contributed by atoms with Crippen molar-refractivity contribution >= 4 is 54.4 Å². The van der Waals surface area contributed by atoms with Gasteiger partial charge < -0.3 is 9.13 Å². The highest BCUT2D eigenvalue weighted by molar-refractivity contribution is 6.16. The van der Waals surface area contributed by atoms with Crippen molar-refractivity contribution in [2.45, 2.75) is 5.41 Å². The molecule has 2 heterocycles. The highest BCUT2D eigenvalue weighted by Crippen LogP contribution is 2.59. The standard InChI is InChI=1S/C65H42N2/c1-4-18-43(19-5-1)45-22-16-27-50(40-45)66-61-38-34-47(46-35-39-62-56(41-46)53-30-13-15-32-60(53)67(62)59-33-17-21-44-20-10-11-28-51(44)59)42-57(61)55-37-36-54-52-29-12-14-31-58(52)65(63(54)64(55)66,48-23-6-2-7-24-48)49-25-8-3-9-26-49/h1-42H. The van der Waals surface area contributed by atoms with Gasteiger partial charge in [-0.1, -0.05) is 206 Å². The molecule has 13 aromatic rings. The number of para-hydroxylation sites is 1. The first-order valence-corrected chi connectivity index (χ1v) is 23.3. The molecule has 2 heteroatoms. The first-order chi connectivity index (χ1) is 33.3. The Morgan fingerprint density at radius 3 is 1.61 bits per heavy atom. The Labute approximate surface area is 388 Å². The van der Waals surface area contributed by atoms with Gasteiger partial charge in [0.15, 0.2) is 0 Å². The number of nitrogens with zero attached hydrogens (tertiary/aromatic N) is 2. The van der Waals surface area contributed by atoms with Crippen molar-refractivity contribution in [3.8, 4) is 44.8 Å². The van der Waals surface area contributed by atoms with Gasteiger partial charge in [-0.15, -0.1) is 0 Å². The van der Waals surface area contributed by atoms with Gasteiger partial charge in [0, 0.05) is 38.2 Å². The summed E-state index contributed by atoms with van der Waals surface area (Å²) in [7, 11) is 0. The average Bonchev–Trinajstić information content (AvgIpc) is 4.03. The van der Waals surface area contributed by atoms with E-state index in [9.17, 15) is 0 Å². The fourth-order valence-electron chi connectivity index (χ4n) is 11.8. The van der Waals surface area contributed by atoms with Crippen LogP contribution in [-0.2, 0) is 5.41 Å². The van der Waals surface area contributed by atoms with Crippen molar-refractivity contribution in [3.63, 3.8) is 0 Å². The smallest absolute Gasteiger partial charge is 0.0734 e. The van der Waals surface area contributed by atoms with Crippen LogP contribution in [0.1, 0.15) is 22.3 Å². The number of hydrogen-bond acceptors (Lipinski definition) is 0. The molecule has 0 N–H and O–H groups in total. The molecule has 312 valence electrons. The van der Waals surface area contributed by atoms with Gasteiger partial charge in [0.1, 0.15) is 0 Å². The lowest BCUT2D eigenvalue weighted by Crippen LogP contribution is -2.29. The average molecular weight is 851 g/mol. The van der Waals surface area contributed by atoms with E-state index in [4.69, 9.17) is 0 Å². The van der Waals surface area contributed by atoms with Crippen LogP contribution in [0.3, 0.4) is 0 Å². The summed E-state index contributed by atoms with van der Waals surface area (Å²) in [5.74, 6) is 0. The predicted octanol–water partition coefficient (Wildman–Crippen LogP) is 16.7. The van der Waals surface area contributed by atoms with Gasteiger partial charge in [0.2, 0.25) is 0 Å². The maximum absolute atomic E-state index is 2.56. The van der Waals surface area contributed by atoms with Gasteiger partial charge in [0.05, 0.1) is 33.2 Å². The molecule has 0 unspecified atom stereocenters. The molecule has 1 aliphatic rings. The zero-order valence-corrected chi connectivity index (χ0v) is 36.6. The SMILES string of the molecule is c1ccc(-c2cccc(-n3c4ccc(-c5ccc6c(c5)c5ccccc5n6-c5cccc6ccccc56)cc4c4ccc5c(c43)C(c3ccccc3)(c3ccccc3)c3ccccc3-5)c2)cc1. The molecule has 14 rings (SSSR count). The topological polar surface area (TPSA) is 9.86 Å². The quantitative estimate of drug-likeness (QED) is 0.158. The van der Waals surface area contributed by atoms with Crippen LogP contribution >= 0.6 is 0 Å². The molecule has 0 amide bonds. The van der Waals surface area contributed by atoms with Crippen LogP contribution in [0.5, 0.6) is 0 Å². The summed E-state index contributed by atoms with van der Waals surface area (Å²) >= 11 is 0. The van der Waals surface area contributed by atoms with E-state index < -0.39 is 5.41 Å². The molecule has 0 saturated carbocycles. The van der Waals surface area contributed by atoms with Crippen molar-refractivity contribution in [2.75, 3.05) is 0 Å². The van der Waals surface area contributed by atoms with Gasteiger partial charge in [-0.3, -0.25) is 0 Å². The lowest BCUT2D eigenvalue weighted by atomic mass is 9.67. The maximum Gasteiger partial charge on any atom is 0.0734 e. The summed E-state index contributed by atoms with van der Waals surface area (Å²) < 4.78 is 5.01. The molecule has 2 aromatic heterocycles. The molecule has 0 bridgehead atoms. The summed E-state index contributed by atoms with van der Waals surface area (Å²) in [4.78, 5) is 0. The zero-order valence-electron chi connectivity index (χ0n) is 36.6. The third-order valence-corrected chi connectivity index (χ3v) is 14.6. The zero-order chi connectivity index (χ0) is 44.1. The molecule has 1 aliphatic carbocycles. The van der Waals surface area contributed by atoms with Crippen LogP contribution in [0.25, 0.3) is 99.1 Å². The Balaban J connectivity index is 1.06. The lowest BCUT2D eigenvalue weighted by molar-refractivity contribution is 0.772. The molecule has 0 radical (unpaired) electrons. The Bertz CT molecular complexity index is 4040. The molecule has 0 fully saturated rings. The highest BCUT2D eigenvalue weighted by Gasteiger charge is 2.48. The van der Waals surface area contributed by atoms with Crippen molar-refractivity contribution in [3.05, 3.63) is 277 Å². The fraction of sp³-hybridized carbons (Fsp3) is 0.0154. The molecular weight excluding hydrogens is 809 g/mol. The van der Waals surface area contributed by atoms with Crippen LogP contribution in [-0.4, -0.2) is 9.13 Å². The van der Waals surface area contributed by atoms with E-state index in [1.54, 1.807) is 0 Å². The van der Waals surface area contributed by atoms with E-state index in [0.29, 0.717) is 0 Å². The molecule has 67 heavy (non-hydrogen) atoms. The second-order valence-corrected chi connectivity index (χ2v) is 18.0. The molecular formula is C65H42N2. The lowest BCUT2D eigenvalue weighted by Gasteiger charge is -2.34. The number of rotatable bonds is 6. The molecule has 0 aliphatic heterocycles. The molecule has 0 spiro atoms. The maximum atomic E-state index is 2.56. The van der Waals surface area contributed by atoms with Crippen LogP contribution in [0.2, 0.25) is 0 Å². The number of fused-ring (bicyclic) bond motifs is 11. The van der Waals surface area contributed by atoms with E-state index in [0.717, 1.165) is 5.69 Å². The second kappa shape index (κ2) is 14.7. The summed E-state index contributed by atoms with van der Waals surface area (Å²) in [6.45, 7) is 0. The second-order valence-electron chi connectivity index (χ2n) is 18.0. The van der Waals surface area contributed by atoms with Gasteiger partial charge in [-0.2, -0.15) is 0 Å². The van der Waals surface area contributed by atoms with E-state index in [1.165, 1.54) is 116 Å². The van der Waals surface area contributed by atoms with E-state index in [2.05, 4.69) is 264 Å². The van der Waals surface area contributed by atoms with Crippen molar-refractivity contribution in [2.24, 2.45) is 0 Å². The number of aromatic nitrogens is 2. The first kappa shape index (κ1) is 37.6. The van der Waals surface area contributed by atoms with E-state index in [1.807, 2.05) is 0 Å². The van der Waals surface area contributed by atoms with Gasteiger partial charge in [-0.05, 0) is 104 Å². The van der Waals surface area contributed by atoms with Crippen molar-refractivity contribution < 1.29 is 0 Å². The third kappa shape index (κ3) is 5.45. The summed E-state index contributed by atoms with van der Waals surface area (Å²) in [5, 5.41) is 7.43. The predicted molar refractivity (Wildman–Crippen MR) is 281 cm³/mol. The van der Waals surface area contributed by atoms with Crippen LogP contribution in [0.4, 0.5) is 0 Å². The molecule has 0 atom stereocenters. The van der Waals surface area contributed by atoms with E-state index in [-0.39, 0.29) is 0 Å². The molecule has 2 nitrogen and oxygen atoms in total. The van der Waals surface area contributed by atoms with Gasteiger partial charge in [-0.25, -0.2) is 0 Å². The number of benzene rings is 11. The van der Waals surface area contributed by atoms with Crippen molar-refractivity contribution in [1.82, 2.24) is 9.13 Å². The van der Waals surface area contributed by atoms with Gasteiger partial charge >= 0.3 is 0 Å². The fourth-order valence-corrected chi connectivity index (χ4v) is 11.8. The summed E-state index contributed by atoms with van der Waals surface area (Å²) in [5.41, 5.74) is 19.0. The first-order valence-electron chi connectivity index (χ1n) is 23.3. The molecule has 11 aromatic carbocycles. The minimum atomic E-state index is -0.580. The Morgan fingerprint density at radius 2 is 0.851 bits per heavy atom. The summed E-state index contributed by atoms with van der Waals surface area (Å²) in [6, 6.07) is 94.5. The molecule has 0 saturated heterocycles. The summed E-state index contributed by atoms with van der Waals surface area (Å²) in [6.07, 6.45) is 0. The van der Waals surface area contributed by atoms with Gasteiger partial charge in [0.25, 0.3) is 0 Å². The number of hydrogen-bond donors (Lipinski definition) is 0. The largest absolute Gasteiger partial charge is 0.309 e. The minimum Gasteiger partial charge on any atom is -0.309 e. The third-order valence-electron chi connectivity index (χ3n) is 14.6. The minimum absolute atomic E-state index is 0.580. The van der Waals surface area contributed by atoms with Crippen molar-refractivity contribution in [1.29, 1.82) is 0 Å².